The molecule has 6 nitrogen and oxygen atoms in total. The monoisotopic (exact) mass is 381 g/mol. The van der Waals surface area contributed by atoms with Gasteiger partial charge in [0.05, 0.1) is 19.2 Å². The maximum atomic E-state index is 12.2. The van der Waals surface area contributed by atoms with Crippen LogP contribution in [0.15, 0.2) is 53.9 Å². The lowest BCUT2D eigenvalue weighted by atomic mass is 10.1. The summed E-state index contributed by atoms with van der Waals surface area (Å²) in [6.45, 7) is 1.45. The van der Waals surface area contributed by atoms with Crippen LogP contribution in [0, 0.1) is 0 Å². The first-order valence-corrected chi connectivity index (χ1v) is 9.18. The highest BCUT2D eigenvalue weighted by atomic mass is 32.1. The van der Waals surface area contributed by atoms with Gasteiger partial charge in [-0.3, -0.25) is 9.59 Å². The number of methoxy groups -OCH3 is 1. The first-order chi connectivity index (χ1) is 13.0. The number of aromatic nitrogens is 1. The molecule has 2 amide bonds. The van der Waals surface area contributed by atoms with Gasteiger partial charge in [0.15, 0.2) is 5.13 Å². The Morgan fingerprint density at radius 2 is 1.74 bits per heavy atom. The van der Waals surface area contributed by atoms with Gasteiger partial charge in [-0.15, -0.1) is 11.3 Å². The van der Waals surface area contributed by atoms with Gasteiger partial charge in [-0.2, -0.15) is 0 Å². The number of anilines is 2. The number of nitrogens with one attached hydrogen (secondary N) is 2. The van der Waals surface area contributed by atoms with E-state index in [0.717, 1.165) is 22.6 Å². The van der Waals surface area contributed by atoms with Crippen molar-refractivity contribution in [1.29, 1.82) is 0 Å². The molecule has 0 saturated heterocycles. The summed E-state index contributed by atoms with van der Waals surface area (Å²) in [7, 11) is 1.62. The minimum atomic E-state index is -0.141. The van der Waals surface area contributed by atoms with Gasteiger partial charge in [0, 0.05) is 23.6 Å². The average Bonchev–Trinajstić information content (AvgIpc) is 3.11. The van der Waals surface area contributed by atoms with Gasteiger partial charge >= 0.3 is 0 Å². The van der Waals surface area contributed by atoms with Crippen molar-refractivity contribution in [3.05, 3.63) is 59.5 Å². The molecule has 2 aromatic carbocycles. The molecule has 7 heteroatoms. The van der Waals surface area contributed by atoms with Crippen molar-refractivity contribution in [2.75, 3.05) is 17.7 Å². The Morgan fingerprint density at radius 3 is 2.37 bits per heavy atom. The van der Waals surface area contributed by atoms with E-state index in [0.29, 0.717) is 10.8 Å². The maximum absolute atomic E-state index is 12.2. The minimum Gasteiger partial charge on any atom is -0.497 e. The Labute approximate surface area is 161 Å². The number of carbonyl (C=O) groups excluding carboxylic acids is 2. The number of carbonyl (C=O) groups is 2. The SMILES string of the molecule is COc1ccc(-c2csc(NC(=O)Cc3ccc(NC(C)=O)cc3)n2)cc1. The Bertz CT molecular complexity index is 934. The molecule has 0 radical (unpaired) electrons. The second-order valence-electron chi connectivity index (χ2n) is 5.87. The summed E-state index contributed by atoms with van der Waals surface area (Å²) < 4.78 is 5.15. The third kappa shape index (κ3) is 5.15. The third-order valence-corrected chi connectivity index (χ3v) is 4.53. The van der Waals surface area contributed by atoms with Crippen LogP contribution in [-0.4, -0.2) is 23.9 Å². The number of hydrogen-bond donors (Lipinski definition) is 2. The molecule has 1 aromatic heterocycles. The lowest BCUT2D eigenvalue weighted by Gasteiger charge is -2.05. The van der Waals surface area contributed by atoms with E-state index in [9.17, 15) is 9.59 Å². The van der Waals surface area contributed by atoms with Gasteiger partial charge in [-0.25, -0.2) is 4.98 Å². The molecule has 0 fully saturated rings. The molecular formula is C20H19N3O3S. The molecule has 1 heterocycles. The summed E-state index contributed by atoms with van der Waals surface area (Å²) in [6.07, 6.45) is 0.234. The molecule has 3 rings (SSSR count). The smallest absolute Gasteiger partial charge is 0.230 e. The van der Waals surface area contributed by atoms with Crippen LogP contribution in [0.3, 0.4) is 0 Å². The van der Waals surface area contributed by atoms with Gasteiger partial charge in [0.25, 0.3) is 0 Å². The highest BCUT2D eigenvalue weighted by Crippen LogP contribution is 2.26. The van der Waals surface area contributed by atoms with Crippen molar-refractivity contribution in [2.24, 2.45) is 0 Å². The number of rotatable bonds is 6. The van der Waals surface area contributed by atoms with Gasteiger partial charge in [0.2, 0.25) is 11.8 Å². The second-order valence-corrected chi connectivity index (χ2v) is 6.73. The molecule has 0 spiro atoms. The minimum absolute atomic E-state index is 0.128. The van der Waals surface area contributed by atoms with Crippen molar-refractivity contribution in [1.82, 2.24) is 4.98 Å². The van der Waals surface area contributed by atoms with Crippen LogP contribution >= 0.6 is 11.3 Å². The predicted molar refractivity (Wildman–Crippen MR) is 107 cm³/mol. The zero-order chi connectivity index (χ0) is 19.2. The van der Waals surface area contributed by atoms with Crippen LogP contribution < -0.4 is 15.4 Å². The molecule has 0 saturated carbocycles. The number of benzene rings is 2. The number of hydrogen-bond acceptors (Lipinski definition) is 5. The molecule has 0 atom stereocenters. The van der Waals surface area contributed by atoms with Crippen molar-refractivity contribution in [3.63, 3.8) is 0 Å². The van der Waals surface area contributed by atoms with Gasteiger partial charge in [0.1, 0.15) is 5.75 Å². The summed E-state index contributed by atoms with van der Waals surface area (Å²) in [5.41, 5.74) is 3.32. The van der Waals surface area contributed by atoms with Gasteiger partial charge < -0.3 is 15.4 Å². The normalized spacial score (nSPS) is 10.3. The Morgan fingerprint density at radius 1 is 1.04 bits per heavy atom. The lowest BCUT2D eigenvalue weighted by molar-refractivity contribution is -0.116. The van der Waals surface area contributed by atoms with E-state index in [2.05, 4.69) is 15.6 Å². The topological polar surface area (TPSA) is 80.3 Å². The van der Waals surface area contributed by atoms with Crippen molar-refractivity contribution in [2.45, 2.75) is 13.3 Å². The molecule has 0 aliphatic heterocycles. The molecule has 138 valence electrons. The summed E-state index contributed by atoms with van der Waals surface area (Å²) in [5.74, 6) is 0.516. The van der Waals surface area contributed by atoms with E-state index < -0.39 is 0 Å². The number of thiazole rings is 1. The highest BCUT2D eigenvalue weighted by molar-refractivity contribution is 7.14. The Kier molecular flexibility index (Phi) is 5.83. The fraction of sp³-hybridized carbons (Fsp3) is 0.150. The highest BCUT2D eigenvalue weighted by Gasteiger charge is 2.09. The van der Waals surface area contributed by atoms with E-state index in [1.54, 1.807) is 19.2 Å². The number of ether oxygens (including phenoxy) is 1. The fourth-order valence-corrected chi connectivity index (χ4v) is 3.22. The molecule has 0 unspecified atom stereocenters. The molecule has 2 N–H and O–H groups in total. The molecule has 0 aliphatic rings. The molecule has 0 aliphatic carbocycles. The summed E-state index contributed by atoms with van der Waals surface area (Å²) in [5, 5.41) is 7.98. The zero-order valence-electron chi connectivity index (χ0n) is 15.0. The summed E-state index contributed by atoms with van der Waals surface area (Å²) >= 11 is 1.38. The largest absolute Gasteiger partial charge is 0.497 e. The van der Waals surface area contributed by atoms with Crippen molar-refractivity contribution >= 4 is 34.0 Å². The van der Waals surface area contributed by atoms with Crippen LogP contribution in [0.1, 0.15) is 12.5 Å². The van der Waals surface area contributed by atoms with Crippen molar-refractivity contribution < 1.29 is 14.3 Å². The summed E-state index contributed by atoms with van der Waals surface area (Å²) in [6, 6.07) is 14.8. The average molecular weight is 381 g/mol. The van der Waals surface area contributed by atoms with Crippen LogP contribution in [0.5, 0.6) is 5.75 Å². The first kappa shape index (κ1) is 18.6. The Balaban J connectivity index is 1.59. The number of nitrogens with zero attached hydrogens (tertiary/aromatic N) is 1. The van der Waals surface area contributed by atoms with E-state index in [4.69, 9.17) is 4.74 Å². The third-order valence-electron chi connectivity index (χ3n) is 3.78. The van der Waals surface area contributed by atoms with E-state index in [1.807, 2.05) is 41.8 Å². The summed E-state index contributed by atoms with van der Waals surface area (Å²) in [4.78, 5) is 27.7. The Hall–Kier alpha value is -3.19. The van der Waals surface area contributed by atoms with E-state index in [1.165, 1.54) is 18.3 Å². The second kappa shape index (κ2) is 8.46. The first-order valence-electron chi connectivity index (χ1n) is 8.30. The molecule has 3 aromatic rings. The number of amides is 2. The standard InChI is InChI=1S/C20H19N3O3S/c1-13(24)21-16-7-3-14(4-8-16)11-19(25)23-20-22-18(12-27-20)15-5-9-17(26-2)10-6-15/h3-10,12H,11H2,1-2H3,(H,21,24)(H,22,23,25). The van der Waals surface area contributed by atoms with Crippen LogP contribution in [0.4, 0.5) is 10.8 Å². The molecule has 0 bridgehead atoms. The lowest BCUT2D eigenvalue weighted by Crippen LogP contribution is -2.14. The zero-order valence-corrected chi connectivity index (χ0v) is 15.8. The van der Waals surface area contributed by atoms with Crippen LogP contribution in [0.2, 0.25) is 0 Å². The van der Waals surface area contributed by atoms with Gasteiger partial charge in [-0.1, -0.05) is 12.1 Å². The maximum Gasteiger partial charge on any atom is 0.230 e. The molecular weight excluding hydrogens is 362 g/mol. The van der Waals surface area contributed by atoms with Crippen LogP contribution in [0.25, 0.3) is 11.3 Å². The van der Waals surface area contributed by atoms with Crippen LogP contribution in [-0.2, 0) is 16.0 Å². The predicted octanol–water partition coefficient (Wildman–Crippen LogP) is 3.96. The quantitative estimate of drug-likeness (QED) is 0.677. The van der Waals surface area contributed by atoms with Crippen molar-refractivity contribution in [3.8, 4) is 17.0 Å². The van der Waals surface area contributed by atoms with E-state index >= 15 is 0 Å². The van der Waals surface area contributed by atoms with Gasteiger partial charge in [-0.05, 0) is 42.0 Å². The van der Waals surface area contributed by atoms with E-state index in [-0.39, 0.29) is 18.2 Å². The molecule has 27 heavy (non-hydrogen) atoms. The fourth-order valence-electron chi connectivity index (χ4n) is 2.48.